The zero-order valence-electron chi connectivity index (χ0n) is 9.82. The minimum atomic E-state index is 0.319. The van der Waals surface area contributed by atoms with Gasteiger partial charge in [0.2, 0.25) is 0 Å². The van der Waals surface area contributed by atoms with E-state index in [0.29, 0.717) is 6.04 Å². The molecular weight excluding hydrogens is 198 g/mol. The van der Waals surface area contributed by atoms with E-state index in [1.165, 1.54) is 30.7 Å². The van der Waals surface area contributed by atoms with Crippen molar-refractivity contribution < 1.29 is 0 Å². The lowest BCUT2D eigenvalue weighted by Crippen LogP contribution is -2.26. The number of aromatic nitrogens is 1. The molecular formula is C13H19N3. The number of nitrogens with zero attached hydrogens (tertiary/aromatic N) is 2. The summed E-state index contributed by atoms with van der Waals surface area (Å²) < 4.78 is 0. The first-order chi connectivity index (χ1) is 7.86. The van der Waals surface area contributed by atoms with Crippen LogP contribution in [0.15, 0.2) is 29.5 Å². The number of nitrogens with one attached hydrogen (secondary N) is 1. The number of rotatable bonds is 2. The highest BCUT2D eigenvalue weighted by molar-refractivity contribution is 5.82. The summed E-state index contributed by atoms with van der Waals surface area (Å²) in [6.07, 6.45) is 8.56. The topological polar surface area (TPSA) is 37.3 Å². The predicted molar refractivity (Wildman–Crippen MR) is 66.6 cm³/mol. The molecule has 0 saturated carbocycles. The molecule has 1 aliphatic rings. The molecule has 1 atom stereocenters. The second-order valence-electron chi connectivity index (χ2n) is 4.29. The predicted octanol–water partition coefficient (Wildman–Crippen LogP) is 2.70. The normalized spacial score (nSPS) is 18.4. The Balaban J connectivity index is 1.96. The van der Waals surface area contributed by atoms with E-state index in [2.05, 4.69) is 34.3 Å². The van der Waals surface area contributed by atoms with Crippen LogP contribution < -0.4 is 5.32 Å². The summed E-state index contributed by atoms with van der Waals surface area (Å²) in [5, 5.41) is 3.50. The molecule has 86 valence electrons. The Morgan fingerprint density at radius 2 is 2.00 bits per heavy atom. The molecule has 0 aromatic carbocycles. The van der Waals surface area contributed by atoms with E-state index in [9.17, 15) is 0 Å². The molecule has 2 rings (SSSR count). The average Bonchev–Trinajstić information content (AvgIpc) is 2.59. The molecule has 16 heavy (non-hydrogen) atoms. The Bertz CT molecular complexity index is 345. The fourth-order valence-electron chi connectivity index (χ4n) is 1.98. The van der Waals surface area contributed by atoms with Gasteiger partial charge in [0.15, 0.2) is 0 Å². The van der Waals surface area contributed by atoms with Crippen molar-refractivity contribution in [2.75, 3.05) is 6.54 Å². The largest absolute Gasteiger partial charge is 0.367 e. The fraction of sp³-hybridized carbons (Fsp3) is 0.538. The van der Waals surface area contributed by atoms with E-state index in [1.54, 1.807) is 0 Å². The Hall–Kier alpha value is -1.38. The highest BCUT2D eigenvalue weighted by Gasteiger charge is 2.09. The zero-order valence-corrected chi connectivity index (χ0v) is 9.82. The van der Waals surface area contributed by atoms with Crippen LogP contribution in [-0.2, 0) is 0 Å². The van der Waals surface area contributed by atoms with E-state index in [-0.39, 0.29) is 0 Å². The van der Waals surface area contributed by atoms with Gasteiger partial charge in [0.05, 0.1) is 5.84 Å². The van der Waals surface area contributed by atoms with Gasteiger partial charge in [-0.1, -0.05) is 6.42 Å². The zero-order chi connectivity index (χ0) is 11.2. The average molecular weight is 217 g/mol. The molecule has 1 N–H and O–H groups in total. The first-order valence-corrected chi connectivity index (χ1v) is 6.06. The third kappa shape index (κ3) is 3.05. The van der Waals surface area contributed by atoms with E-state index >= 15 is 0 Å². The van der Waals surface area contributed by atoms with Crippen LogP contribution in [-0.4, -0.2) is 17.4 Å². The van der Waals surface area contributed by atoms with Gasteiger partial charge in [-0.25, -0.2) is 0 Å². The molecule has 3 heteroatoms. The van der Waals surface area contributed by atoms with Crippen LogP contribution in [0.1, 0.15) is 44.2 Å². The summed E-state index contributed by atoms with van der Waals surface area (Å²) in [4.78, 5) is 8.61. The summed E-state index contributed by atoms with van der Waals surface area (Å²) >= 11 is 0. The maximum absolute atomic E-state index is 4.58. The lowest BCUT2D eigenvalue weighted by Gasteiger charge is -2.16. The molecule has 0 radical (unpaired) electrons. The molecule has 1 aromatic heterocycles. The molecule has 0 unspecified atom stereocenters. The molecule has 0 amide bonds. The first kappa shape index (κ1) is 11.1. The Morgan fingerprint density at radius 3 is 2.81 bits per heavy atom. The second kappa shape index (κ2) is 5.64. The van der Waals surface area contributed by atoms with Crippen molar-refractivity contribution in [1.82, 2.24) is 10.3 Å². The van der Waals surface area contributed by atoms with Gasteiger partial charge in [-0.3, -0.25) is 9.98 Å². The molecule has 1 aliphatic heterocycles. The summed E-state index contributed by atoms with van der Waals surface area (Å²) in [5.74, 6) is 1.17. The standard InChI is InChI=1S/C13H19N3/c1-11(12-6-9-14-10-7-12)16-13-5-3-2-4-8-15-13/h6-7,9-11H,2-5,8H2,1H3,(H,15,16)/t11-/m0/s1. The Morgan fingerprint density at radius 1 is 1.19 bits per heavy atom. The maximum Gasteiger partial charge on any atom is 0.0967 e. The molecule has 0 aliphatic carbocycles. The number of amidine groups is 1. The lowest BCUT2D eigenvalue weighted by atomic mass is 10.1. The van der Waals surface area contributed by atoms with Crippen molar-refractivity contribution in [1.29, 1.82) is 0 Å². The van der Waals surface area contributed by atoms with Crippen molar-refractivity contribution in [3.63, 3.8) is 0 Å². The van der Waals surface area contributed by atoms with Crippen molar-refractivity contribution in [2.24, 2.45) is 4.99 Å². The molecule has 0 spiro atoms. The minimum Gasteiger partial charge on any atom is -0.367 e. The SMILES string of the molecule is C[C@H](NC1=NCCCCC1)c1ccncc1. The van der Waals surface area contributed by atoms with Gasteiger partial charge in [-0.15, -0.1) is 0 Å². The number of hydrogen-bond donors (Lipinski definition) is 1. The van der Waals surface area contributed by atoms with Gasteiger partial charge in [-0.2, -0.15) is 0 Å². The number of hydrogen-bond acceptors (Lipinski definition) is 3. The second-order valence-corrected chi connectivity index (χ2v) is 4.29. The number of pyridine rings is 1. The summed E-state index contributed by atoms with van der Waals surface area (Å²) in [6, 6.07) is 4.42. The Labute approximate surface area is 97.0 Å². The van der Waals surface area contributed by atoms with Gasteiger partial charge < -0.3 is 5.32 Å². The quantitative estimate of drug-likeness (QED) is 0.827. The summed E-state index contributed by atoms with van der Waals surface area (Å²) in [6.45, 7) is 3.15. The van der Waals surface area contributed by atoms with Gasteiger partial charge in [-0.05, 0) is 37.5 Å². The first-order valence-electron chi connectivity index (χ1n) is 6.06. The van der Waals surface area contributed by atoms with Crippen LogP contribution in [0.5, 0.6) is 0 Å². The monoisotopic (exact) mass is 217 g/mol. The summed E-state index contributed by atoms with van der Waals surface area (Å²) in [7, 11) is 0. The van der Waals surface area contributed by atoms with Crippen molar-refractivity contribution in [2.45, 2.75) is 38.6 Å². The third-order valence-electron chi connectivity index (χ3n) is 2.96. The molecule has 1 aromatic rings. The molecule has 0 fully saturated rings. The lowest BCUT2D eigenvalue weighted by molar-refractivity contribution is 0.692. The summed E-state index contributed by atoms with van der Waals surface area (Å²) in [5.41, 5.74) is 1.27. The van der Waals surface area contributed by atoms with Crippen molar-refractivity contribution in [3.8, 4) is 0 Å². The van der Waals surface area contributed by atoms with Crippen LogP contribution in [0, 0.1) is 0 Å². The van der Waals surface area contributed by atoms with Crippen LogP contribution in [0.25, 0.3) is 0 Å². The van der Waals surface area contributed by atoms with Gasteiger partial charge in [0, 0.05) is 31.4 Å². The fourth-order valence-corrected chi connectivity index (χ4v) is 1.98. The minimum absolute atomic E-state index is 0.319. The van der Waals surface area contributed by atoms with Gasteiger partial charge >= 0.3 is 0 Å². The molecule has 2 heterocycles. The van der Waals surface area contributed by atoms with Gasteiger partial charge in [0.25, 0.3) is 0 Å². The number of aliphatic imine (C=N–C) groups is 1. The third-order valence-corrected chi connectivity index (χ3v) is 2.96. The van der Waals surface area contributed by atoms with Crippen molar-refractivity contribution in [3.05, 3.63) is 30.1 Å². The van der Waals surface area contributed by atoms with Gasteiger partial charge in [0.1, 0.15) is 0 Å². The highest BCUT2D eigenvalue weighted by Crippen LogP contribution is 2.13. The smallest absolute Gasteiger partial charge is 0.0967 e. The van der Waals surface area contributed by atoms with Crippen LogP contribution in [0.2, 0.25) is 0 Å². The van der Waals surface area contributed by atoms with Crippen molar-refractivity contribution >= 4 is 5.84 Å². The van der Waals surface area contributed by atoms with E-state index in [1.807, 2.05) is 12.4 Å². The molecule has 0 saturated heterocycles. The van der Waals surface area contributed by atoms with E-state index in [4.69, 9.17) is 0 Å². The highest BCUT2D eigenvalue weighted by atomic mass is 15.0. The van der Waals surface area contributed by atoms with Crippen LogP contribution in [0.3, 0.4) is 0 Å². The maximum atomic E-state index is 4.58. The Kier molecular flexibility index (Phi) is 3.91. The van der Waals surface area contributed by atoms with E-state index in [0.717, 1.165) is 13.0 Å². The van der Waals surface area contributed by atoms with E-state index < -0.39 is 0 Å². The van der Waals surface area contributed by atoms with Crippen LogP contribution in [0.4, 0.5) is 0 Å². The molecule has 3 nitrogen and oxygen atoms in total. The van der Waals surface area contributed by atoms with Crippen LogP contribution >= 0.6 is 0 Å². The molecule has 0 bridgehead atoms.